The molecule has 0 spiro atoms. The van der Waals surface area contributed by atoms with E-state index in [-0.39, 0.29) is 0 Å². The van der Waals surface area contributed by atoms with Crippen molar-refractivity contribution in [2.24, 2.45) is 0 Å². The molecule has 2 saturated heterocycles. The molecule has 0 aromatic rings. The first-order valence-corrected chi connectivity index (χ1v) is 10.4. The lowest BCUT2D eigenvalue weighted by molar-refractivity contribution is 0.223. The minimum absolute atomic E-state index is 1.37. The van der Waals surface area contributed by atoms with Gasteiger partial charge in [0.25, 0.3) is 0 Å². The molecule has 2 aliphatic heterocycles. The third-order valence-electron chi connectivity index (χ3n) is 5.60. The summed E-state index contributed by atoms with van der Waals surface area (Å²) >= 11 is 0. The summed E-state index contributed by atoms with van der Waals surface area (Å²) in [6.45, 7) is 8.23. The SMILES string of the molecule is C(CCCCCN1CCCCC1)CCCCN1CCCCC1. The van der Waals surface area contributed by atoms with Crippen LogP contribution in [-0.4, -0.2) is 49.1 Å². The molecule has 0 bridgehead atoms. The van der Waals surface area contributed by atoms with Crippen LogP contribution in [-0.2, 0) is 0 Å². The molecular formula is C20H40N2. The summed E-state index contributed by atoms with van der Waals surface area (Å²) in [6.07, 6.45) is 20.4. The van der Waals surface area contributed by atoms with Gasteiger partial charge in [-0.2, -0.15) is 0 Å². The summed E-state index contributed by atoms with van der Waals surface area (Å²) in [5, 5.41) is 0. The molecule has 0 amide bonds. The molecule has 2 fully saturated rings. The van der Waals surface area contributed by atoms with Crippen LogP contribution in [0.15, 0.2) is 0 Å². The van der Waals surface area contributed by atoms with Gasteiger partial charge in [0.2, 0.25) is 0 Å². The second-order valence-corrected chi connectivity index (χ2v) is 7.63. The third kappa shape index (κ3) is 8.53. The van der Waals surface area contributed by atoms with Gasteiger partial charge in [0, 0.05) is 0 Å². The molecule has 2 aliphatic rings. The van der Waals surface area contributed by atoms with Crippen molar-refractivity contribution >= 4 is 0 Å². The van der Waals surface area contributed by atoms with Gasteiger partial charge in [-0.3, -0.25) is 0 Å². The molecule has 0 N–H and O–H groups in total. The first-order valence-electron chi connectivity index (χ1n) is 10.4. The quantitative estimate of drug-likeness (QED) is 0.491. The van der Waals surface area contributed by atoms with Crippen LogP contribution in [0, 0.1) is 0 Å². The van der Waals surface area contributed by atoms with Crippen molar-refractivity contribution < 1.29 is 0 Å². The zero-order chi connectivity index (χ0) is 15.3. The maximum Gasteiger partial charge on any atom is -0.00187 e. The largest absolute Gasteiger partial charge is 0.303 e. The zero-order valence-corrected chi connectivity index (χ0v) is 15.0. The van der Waals surface area contributed by atoms with E-state index >= 15 is 0 Å². The van der Waals surface area contributed by atoms with Gasteiger partial charge in [0.1, 0.15) is 0 Å². The Morgan fingerprint density at radius 2 is 0.682 bits per heavy atom. The Balaban J connectivity index is 1.28. The van der Waals surface area contributed by atoms with Crippen LogP contribution in [0.5, 0.6) is 0 Å². The van der Waals surface area contributed by atoms with Crippen molar-refractivity contribution in [3.05, 3.63) is 0 Å². The van der Waals surface area contributed by atoms with Gasteiger partial charge in [0.05, 0.1) is 0 Å². The lowest BCUT2D eigenvalue weighted by atomic mass is 10.1. The number of likely N-dealkylation sites (tertiary alicyclic amines) is 2. The molecule has 2 heteroatoms. The van der Waals surface area contributed by atoms with Crippen molar-refractivity contribution in [1.29, 1.82) is 0 Å². The molecule has 0 aromatic carbocycles. The van der Waals surface area contributed by atoms with Crippen LogP contribution in [0.4, 0.5) is 0 Å². The average Bonchev–Trinajstić information content (AvgIpc) is 2.58. The van der Waals surface area contributed by atoms with E-state index in [2.05, 4.69) is 9.80 Å². The van der Waals surface area contributed by atoms with Crippen molar-refractivity contribution in [1.82, 2.24) is 9.80 Å². The molecule has 0 aliphatic carbocycles. The Morgan fingerprint density at radius 3 is 1.05 bits per heavy atom. The van der Waals surface area contributed by atoms with Crippen LogP contribution < -0.4 is 0 Å². The smallest absolute Gasteiger partial charge is 0.00187 e. The van der Waals surface area contributed by atoms with Crippen molar-refractivity contribution in [2.75, 3.05) is 39.3 Å². The van der Waals surface area contributed by atoms with Crippen molar-refractivity contribution in [3.63, 3.8) is 0 Å². The van der Waals surface area contributed by atoms with Crippen LogP contribution in [0.25, 0.3) is 0 Å². The molecule has 0 saturated carbocycles. The van der Waals surface area contributed by atoms with Gasteiger partial charge in [0.15, 0.2) is 0 Å². The van der Waals surface area contributed by atoms with Gasteiger partial charge >= 0.3 is 0 Å². The Kier molecular flexibility index (Phi) is 10.3. The lowest BCUT2D eigenvalue weighted by Crippen LogP contribution is -2.30. The first kappa shape index (κ1) is 18.3. The molecular weight excluding hydrogens is 268 g/mol. The second-order valence-electron chi connectivity index (χ2n) is 7.63. The third-order valence-corrected chi connectivity index (χ3v) is 5.60. The van der Waals surface area contributed by atoms with Crippen molar-refractivity contribution in [2.45, 2.75) is 89.9 Å². The van der Waals surface area contributed by atoms with Crippen LogP contribution in [0.1, 0.15) is 89.9 Å². The molecule has 130 valence electrons. The summed E-state index contributed by atoms with van der Waals surface area (Å²) in [5.41, 5.74) is 0. The topological polar surface area (TPSA) is 6.48 Å². The Labute approximate surface area is 139 Å². The van der Waals surface area contributed by atoms with Gasteiger partial charge in [-0.1, -0.05) is 51.4 Å². The summed E-state index contributed by atoms with van der Waals surface area (Å²) in [7, 11) is 0. The molecule has 0 atom stereocenters. The van der Waals surface area contributed by atoms with E-state index in [0.29, 0.717) is 0 Å². The average molecular weight is 309 g/mol. The van der Waals surface area contributed by atoms with Crippen LogP contribution in [0.3, 0.4) is 0 Å². The predicted molar refractivity (Wildman–Crippen MR) is 97.5 cm³/mol. The van der Waals surface area contributed by atoms with E-state index in [1.54, 1.807) is 0 Å². The predicted octanol–water partition coefficient (Wildman–Crippen LogP) is 5.08. The molecule has 0 aromatic heterocycles. The normalized spacial score (nSPS) is 21.3. The van der Waals surface area contributed by atoms with Crippen LogP contribution >= 0.6 is 0 Å². The monoisotopic (exact) mass is 308 g/mol. The van der Waals surface area contributed by atoms with Crippen molar-refractivity contribution in [3.8, 4) is 0 Å². The number of nitrogens with zero attached hydrogens (tertiary/aromatic N) is 2. The number of piperidine rings is 2. The maximum absolute atomic E-state index is 2.68. The summed E-state index contributed by atoms with van der Waals surface area (Å²) in [6, 6.07) is 0. The van der Waals surface area contributed by atoms with E-state index in [1.807, 2.05) is 0 Å². The highest BCUT2D eigenvalue weighted by Crippen LogP contribution is 2.13. The number of hydrogen-bond donors (Lipinski definition) is 0. The van der Waals surface area contributed by atoms with E-state index in [0.717, 1.165) is 0 Å². The standard InChI is InChI=1S/C20H40N2/c1(3-5-9-15-21-17-11-7-12-18-21)2-4-6-10-16-22-19-13-8-14-20-22/h1-20H2. The number of hydrogen-bond acceptors (Lipinski definition) is 2. The van der Waals surface area contributed by atoms with Gasteiger partial charge < -0.3 is 9.80 Å². The van der Waals surface area contributed by atoms with Crippen LogP contribution in [0.2, 0.25) is 0 Å². The molecule has 2 heterocycles. The minimum Gasteiger partial charge on any atom is -0.303 e. The lowest BCUT2D eigenvalue weighted by Gasteiger charge is -2.26. The highest BCUT2D eigenvalue weighted by Gasteiger charge is 2.09. The fraction of sp³-hybridized carbons (Fsp3) is 1.00. The fourth-order valence-electron chi connectivity index (χ4n) is 4.10. The maximum atomic E-state index is 2.68. The zero-order valence-electron chi connectivity index (χ0n) is 15.0. The van der Waals surface area contributed by atoms with E-state index < -0.39 is 0 Å². The molecule has 0 unspecified atom stereocenters. The summed E-state index contributed by atoms with van der Waals surface area (Å²) < 4.78 is 0. The minimum atomic E-state index is 1.37. The summed E-state index contributed by atoms with van der Waals surface area (Å²) in [5.74, 6) is 0. The molecule has 0 radical (unpaired) electrons. The fourth-order valence-corrected chi connectivity index (χ4v) is 4.10. The highest BCUT2D eigenvalue weighted by atomic mass is 15.1. The highest BCUT2D eigenvalue weighted by molar-refractivity contribution is 4.65. The Morgan fingerprint density at radius 1 is 0.364 bits per heavy atom. The number of rotatable bonds is 11. The molecule has 2 rings (SSSR count). The van der Waals surface area contributed by atoms with E-state index in [4.69, 9.17) is 0 Å². The molecule has 22 heavy (non-hydrogen) atoms. The second kappa shape index (κ2) is 12.4. The number of unbranched alkanes of at least 4 members (excludes halogenated alkanes) is 7. The Bertz CT molecular complexity index is 216. The van der Waals surface area contributed by atoms with Gasteiger partial charge in [-0.25, -0.2) is 0 Å². The van der Waals surface area contributed by atoms with E-state index in [9.17, 15) is 0 Å². The Hall–Kier alpha value is -0.0800. The van der Waals surface area contributed by atoms with Gasteiger partial charge in [-0.15, -0.1) is 0 Å². The van der Waals surface area contributed by atoms with E-state index in [1.165, 1.54) is 129 Å². The first-order chi connectivity index (χ1) is 10.9. The molecule has 2 nitrogen and oxygen atoms in total. The van der Waals surface area contributed by atoms with Gasteiger partial charge in [-0.05, 0) is 77.8 Å². The summed E-state index contributed by atoms with van der Waals surface area (Å²) in [4.78, 5) is 5.37.